The van der Waals surface area contributed by atoms with E-state index in [1.165, 1.54) is 0 Å². The fourth-order valence-corrected chi connectivity index (χ4v) is 2.94. The number of hydrogen-bond acceptors (Lipinski definition) is 4. The lowest BCUT2D eigenvalue weighted by molar-refractivity contribution is -0.123. The first-order valence-corrected chi connectivity index (χ1v) is 9.19. The molecule has 1 heterocycles. The van der Waals surface area contributed by atoms with Gasteiger partial charge < -0.3 is 14.8 Å². The highest BCUT2D eigenvalue weighted by atomic mass is 35.5. The molecule has 1 saturated heterocycles. The number of halogens is 1. The third kappa shape index (κ3) is 4.28. The Morgan fingerprint density at radius 1 is 1.14 bits per heavy atom. The Hall–Kier alpha value is -2.99. The molecule has 28 heavy (non-hydrogen) atoms. The summed E-state index contributed by atoms with van der Waals surface area (Å²) in [5.41, 5.74) is 1.63. The average Bonchev–Trinajstić information content (AvgIpc) is 2.92. The van der Waals surface area contributed by atoms with E-state index >= 15 is 0 Å². The summed E-state index contributed by atoms with van der Waals surface area (Å²) in [6.07, 6.45) is 1.52. The number of para-hydroxylation sites is 1. The van der Waals surface area contributed by atoms with Crippen LogP contribution in [0.4, 0.5) is 4.79 Å². The number of imide groups is 1. The molecule has 2 aromatic rings. The number of nitrogens with zero attached hydrogens (tertiary/aromatic N) is 1. The van der Waals surface area contributed by atoms with Gasteiger partial charge in [-0.2, -0.15) is 0 Å². The van der Waals surface area contributed by atoms with Crippen molar-refractivity contribution in [2.45, 2.75) is 26.5 Å². The first-order valence-electron chi connectivity index (χ1n) is 8.81. The molecule has 6 nitrogen and oxygen atoms in total. The molecular formula is C21H21ClN2O4. The molecule has 0 radical (unpaired) electrons. The van der Waals surface area contributed by atoms with E-state index in [2.05, 4.69) is 5.32 Å². The fraction of sp³-hybridized carbons (Fsp3) is 0.238. The van der Waals surface area contributed by atoms with Crippen molar-refractivity contribution in [2.24, 2.45) is 0 Å². The van der Waals surface area contributed by atoms with Gasteiger partial charge in [0.05, 0.1) is 19.8 Å². The van der Waals surface area contributed by atoms with Crippen LogP contribution in [-0.4, -0.2) is 30.1 Å². The van der Waals surface area contributed by atoms with Gasteiger partial charge in [-0.3, -0.25) is 9.69 Å². The van der Waals surface area contributed by atoms with Crippen molar-refractivity contribution in [3.05, 3.63) is 64.3 Å². The van der Waals surface area contributed by atoms with Gasteiger partial charge in [-0.25, -0.2) is 4.79 Å². The molecular weight excluding hydrogens is 380 g/mol. The van der Waals surface area contributed by atoms with E-state index in [0.717, 1.165) is 10.5 Å². The number of methoxy groups -OCH3 is 1. The monoisotopic (exact) mass is 400 g/mol. The Labute approximate surface area is 168 Å². The van der Waals surface area contributed by atoms with Crippen molar-refractivity contribution in [3.8, 4) is 11.5 Å². The Morgan fingerprint density at radius 3 is 2.50 bits per heavy atom. The first kappa shape index (κ1) is 19.8. The lowest BCUT2D eigenvalue weighted by atomic mass is 10.1. The Kier molecular flexibility index (Phi) is 5.90. The van der Waals surface area contributed by atoms with Crippen LogP contribution in [0.3, 0.4) is 0 Å². The maximum Gasteiger partial charge on any atom is 0.329 e. The fourth-order valence-electron chi connectivity index (χ4n) is 2.81. The molecule has 7 heteroatoms. The van der Waals surface area contributed by atoms with Gasteiger partial charge in [0, 0.05) is 10.6 Å². The lowest BCUT2D eigenvalue weighted by Gasteiger charge is -2.16. The molecule has 1 fully saturated rings. The van der Waals surface area contributed by atoms with E-state index in [1.54, 1.807) is 55.7 Å². The molecule has 1 N–H and O–H groups in total. The first-order chi connectivity index (χ1) is 13.4. The van der Waals surface area contributed by atoms with Gasteiger partial charge in [0.2, 0.25) is 0 Å². The molecule has 3 amide bonds. The highest BCUT2D eigenvalue weighted by Crippen LogP contribution is 2.34. The second-order valence-corrected chi connectivity index (χ2v) is 6.99. The van der Waals surface area contributed by atoms with Crippen LogP contribution in [0.25, 0.3) is 6.08 Å². The van der Waals surface area contributed by atoms with Crippen molar-refractivity contribution >= 4 is 29.6 Å². The molecule has 146 valence electrons. The summed E-state index contributed by atoms with van der Waals surface area (Å²) >= 11 is 5.88. The van der Waals surface area contributed by atoms with E-state index in [1.807, 2.05) is 13.8 Å². The van der Waals surface area contributed by atoms with Crippen LogP contribution < -0.4 is 14.8 Å². The van der Waals surface area contributed by atoms with E-state index in [-0.39, 0.29) is 18.3 Å². The molecule has 3 rings (SSSR count). The summed E-state index contributed by atoms with van der Waals surface area (Å²) in [6, 6.07) is 11.9. The van der Waals surface area contributed by atoms with E-state index in [4.69, 9.17) is 21.1 Å². The molecule has 1 aliphatic rings. The molecule has 0 spiro atoms. The second kappa shape index (κ2) is 8.35. The lowest BCUT2D eigenvalue weighted by Crippen LogP contribution is -2.30. The number of amides is 3. The van der Waals surface area contributed by atoms with Gasteiger partial charge in [-0.05, 0) is 43.7 Å². The van der Waals surface area contributed by atoms with Crippen LogP contribution in [0.5, 0.6) is 11.5 Å². The van der Waals surface area contributed by atoms with Crippen LogP contribution in [0.1, 0.15) is 25.0 Å². The number of ether oxygens (including phenoxy) is 2. The Morgan fingerprint density at radius 2 is 1.86 bits per heavy atom. The van der Waals surface area contributed by atoms with Crippen molar-refractivity contribution in [1.82, 2.24) is 10.2 Å². The zero-order chi connectivity index (χ0) is 20.3. The smallest absolute Gasteiger partial charge is 0.329 e. The third-order valence-corrected chi connectivity index (χ3v) is 4.35. The minimum Gasteiger partial charge on any atom is -0.493 e. The molecule has 2 aromatic carbocycles. The van der Waals surface area contributed by atoms with Gasteiger partial charge in [0.25, 0.3) is 5.91 Å². The number of benzene rings is 2. The zero-order valence-electron chi connectivity index (χ0n) is 15.9. The topological polar surface area (TPSA) is 67.9 Å². The average molecular weight is 401 g/mol. The molecule has 0 saturated carbocycles. The van der Waals surface area contributed by atoms with E-state index in [9.17, 15) is 9.59 Å². The van der Waals surface area contributed by atoms with Crippen LogP contribution in [0.15, 0.2) is 48.2 Å². The predicted molar refractivity (Wildman–Crippen MR) is 107 cm³/mol. The summed E-state index contributed by atoms with van der Waals surface area (Å²) in [6.45, 7) is 3.96. The summed E-state index contributed by atoms with van der Waals surface area (Å²) in [7, 11) is 1.55. The minimum atomic E-state index is -0.472. The Bertz CT molecular complexity index is 923. The third-order valence-electron chi connectivity index (χ3n) is 4.10. The number of carbonyl (C=O) groups excluding carboxylic acids is 2. The summed E-state index contributed by atoms with van der Waals surface area (Å²) in [4.78, 5) is 26.2. The van der Waals surface area contributed by atoms with Crippen molar-refractivity contribution < 1.29 is 19.1 Å². The van der Waals surface area contributed by atoms with Crippen molar-refractivity contribution in [1.29, 1.82) is 0 Å². The Balaban J connectivity index is 1.88. The van der Waals surface area contributed by atoms with Crippen molar-refractivity contribution in [2.75, 3.05) is 7.11 Å². The largest absolute Gasteiger partial charge is 0.493 e. The summed E-state index contributed by atoms with van der Waals surface area (Å²) < 4.78 is 11.2. The molecule has 0 atom stereocenters. The normalized spacial score (nSPS) is 15.3. The molecule has 0 unspecified atom stereocenters. The number of rotatable bonds is 6. The maximum atomic E-state index is 12.8. The standard InChI is InChI=1S/C21H21ClN2O4/c1-13(2)28-19-15(5-4-6-18(19)27-3)11-17-20(25)24(21(26)23-17)12-14-7-9-16(22)10-8-14/h4-11,13H,12H2,1-3H3,(H,23,26)/b17-11-. The van der Waals surface area contributed by atoms with Crippen LogP contribution in [0.2, 0.25) is 5.02 Å². The quantitative estimate of drug-likeness (QED) is 0.582. The minimum absolute atomic E-state index is 0.0799. The second-order valence-electron chi connectivity index (χ2n) is 6.55. The molecule has 1 aliphatic heterocycles. The molecule has 0 bridgehead atoms. The highest BCUT2D eigenvalue weighted by molar-refractivity contribution is 6.30. The van der Waals surface area contributed by atoms with Gasteiger partial charge in [-0.1, -0.05) is 35.9 Å². The van der Waals surface area contributed by atoms with Gasteiger partial charge in [-0.15, -0.1) is 0 Å². The molecule has 0 aromatic heterocycles. The van der Waals surface area contributed by atoms with Crippen LogP contribution in [0, 0.1) is 0 Å². The van der Waals surface area contributed by atoms with E-state index < -0.39 is 11.9 Å². The maximum absolute atomic E-state index is 12.8. The highest BCUT2D eigenvalue weighted by Gasteiger charge is 2.33. The van der Waals surface area contributed by atoms with Crippen molar-refractivity contribution in [3.63, 3.8) is 0 Å². The number of carbonyl (C=O) groups is 2. The van der Waals surface area contributed by atoms with Gasteiger partial charge in [0.1, 0.15) is 5.70 Å². The SMILES string of the molecule is COc1cccc(/C=C2\NC(=O)N(Cc3ccc(Cl)cc3)C2=O)c1OC(C)C. The van der Waals surface area contributed by atoms with Crippen LogP contribution >= 0.6 is 11.6 Å². The molecule has 0 aliphatic carbocycles. The van der Waals surface area contributed by atoms with Crippen LogP contribution in [-0.2, 0) is 11.3 Å². The summed E-state index contributed by atoms with van der Waals surface area (Å²) in [5.74, 6) is 0.668. The van der Waals surface area contributed by atoms with Gasteiger partial charge in [0.15, 0.2) is 11.5 Å². The van der Waals surface area contributed by atoms with Gasteiger partial charge >= 0.3 is 6.03 Å². The zero-order valence-corrected chi connectivity index (χ0v) is 16.6. The van der Waals surface area contributed by atoms with E-state index in [0.29, 0.717) is 22.1 Å². The predicted octanol–water partition coefficient (Wildman–Crippen LogP) is 4.23. The summed E-state index contributed by atoms with van der Waals surface area (Å²) in [5, 5.41) is 3.22. The number of nitrogens with one attached hydrogen (secondary N) is 1. The number of hydrogen-bond donors (Lipinski definition) is 1. The number of urea groups is 1.